The summed E-state index contributed by atoms with van der Waals surface area (Å²) >= 11 is 0. The fraction of sp³-hybridized carbons (Fsp3) is 0.188. The molecule has 0 aliphatic heterocycles. The van der Waals surface area contributed by atoms with Crippen LogP contribution in [-0.2, 0) is 0 Å². The summed E-state index contributed by atoms with van der Waals surface area (Å²) in [6.45, 7) is 6.34. The Bertz CT molecular complexity index is 723. The van der Waals surface area contributed by atoms with Crippen LogP contribution >= 0.6 is 0 Å². The lowest BCUT2D eigenvalue weighted by Gasteiger charge is -2.02. The van der Waals surface area contributed by atoms with E-state index in [2.05, 4.69) is 67.9 Å². The van der Waals surface area contributed by atoms with E-state index in [1.807, 2.05) is 0 Å². The Kier molecular flexibility index (Phi) is 2.44. The summed E-state index contributed by atoms with van der Waals surface area (Å²) in [6.07, 6.45) is 4.15. The molecule has 3 rings (SSSR count). The second-order valence-electron chi connectivity index (χ2n) is 4.91. The Hall–Kier alpha value is -2.09. The molecule has 0 bridgehead atoms. The zero-order valence-electron chi connectivity index (χ0n) is 10.9. The van der Waals surface area contributed by atoms with Crippen LogP contribution < -0.4 is 0 Å². The number of imidazole rings is 1. The van der Waals surface area contributed by atoms with Gasteiger partial charge in [-0.25, -0.2) is 4.98 Å². The second-order valence-corrected chi connectivity index (χ2v) is 4.91. The molecule has 0 aliphatic rings. The Balaban J connectivity index is 2.19. The molecule has 2 heterocycles. The summed E-state index contributed by atoms with van der Waals surface area (Å²) in [7, 11) is 0. The summed E-state index contributed by atoms with van der Waals surface area (Å²) in [5.74, 6) is 0. The van der Waals surface area contributed by atoms with Crippen molar-refractivity contribution in [1.29, 1.82) is 0 Å². The van der Waals surface area contributed by atoms with Gasteiger partial charge in [0, 0.05) is 18.0 Å². The molecule has 18 heavy (non-hydrogen) atoms. The molecule has 3 aromatic rings. The van der Waals surface area contributed by atoms with Gasteiger partial charge in [-0.3, -0.25) is 0 Å². The van der Waals surface area contributed by atoms with E-state index in [-0.39, 0.29) is 0 Å². The van der Waals surface area contributed by atoms with Crippen LogP contribution in [0.4, 0.5) is 0 Å². The quantitative estimate of drug-likeness (QED) is 0.626. The highest BCUT2D eigenvalue weighted by Gasteiger charge is 2.07. The van der Waals surface area contributed by atoms with E-state index >= 15 is 0 Å². The maximum atomic E-state index is 4.70. The molecule has 0 saturated heterocycles. The van der Waals surface area contributed by atoms with Gasteiger partial charge in [-0.2, -0.15) is 0 Å². The van der Waals surface area contributed by atoms with E-state index in [0.717, 1.165) is 11.3 Å². The number of pyridine rings is 1. The third kappa shape index (κ3) is 1.80. The van der Waals surface area contributed by atoms with Crippen molar-refractivity contribution in [2.75, 3.05) is 0 Å². The Morgan fingerprint density at radius 3 is 2.50 bits per heavy atom. The van der Waals surface area contributed by atoms with Crippen molar-refractivity contribution in [3.8, 4) is 11.3 Å². The largest absolute Gasteiger partial charge is 0.306 e. The number of nitrogens with zero attached hydrogens (tertiary/aromatic N) is 2. The van der Waals surface area contributed by atoms with Gasteiger partial charge in [-0.05, 0) is 44.0 Å². The van der Waals surface area contributed by atoms with E-state index in [9.17, 15) is 0 Å². The topological polar surface area (TPSA) is 17.3 Å². The molecule has 0 atom stereocenters. The molecule has 0 saturated carbocycles. The Morgan fingerprint density at radius 2 is 1.72 bits per heavy atom. The Morgan fingerprint density at radius 1 is 0.944 bits per heavy atom. The number of hydrogen-bond donors (Lipinski definition) is 0. The fourth-order valence-corrected chi connectivity index (χ4v) is 2.31. The molecule has 2 nitrogen and oxygen atoms in total. The molecule has 0 spiro atoms. The van der Waals surface area contributed by atoms with Gasteiger partial charge >= 0.3 is 0 Å². The first-order valence-electron chi connectivity index (χ1n) is 6.16. The average molecular weight is 236 g/mol. The first-order chi connectivity index (χ1) is 8.63. The van der Waals surface area contributed by atoms with Crippen LogP contribution in [0.2, 0.25) is 0 Å². The molecule has 2 aromatic heterocycles. The third-order valence-electron chi connectivity index (χ3n) is 3.27. The smallest absolute Gasteiger partial charge is 0.137 e. The molecular weight excluding hydrogens is 220 g/mol. The van der Waals surface area contributed by atoms with E-state index in [1.165, 1.54) is 22.3 Å². The predicted octanol–water partition coefficient (Wildman–Crippen LogP) is 3.93. The van der Waals surface area contributed by atoms with Crippen LogP contribution in [0.3, 0.4) is 0 Å². The van der Waals surface area contributed by atoms with Gasteiger partial charge < -0.3 is 4.40 Å². The van der Waals surface area contributed by atoms with Gasteiger partial charge in [0.05, 0.1) is 5.69 Å². The SMILES string of the molecule is Cc1ccc(-c2cn3ccc(C)cc3n2)c(C)c1. The highest BCUT2D eigenvalue weighted by molar-refractivity contribution is 5.66. The lowest BCUT2D eigenvalue weighted by Crippen LogP contribution is -1.84. The zero-order valence-corrected chi connectivity index (χ0v) is 10.9. The van der Waals surface area contributed by atoms with Crippen LogP contribution in [0.15, 0.2) is 42.7 Å². The maximum absolute atomic E-state index is 4.70. The molecule has 0 amide bonds. The van der Waals surface area contributed by atoms with Crippen LogP contribution in [0, 0.1) is 20.8 Å². The highest BCUT2D eigenvalue weighted by Crippen LogP contribution is 2.24. The van der Waals surface area contributed by atoms with Crippen LogP contribution in [-0.4, -0.2) is 9.38 Å². The Labute approximate surface area is 107 Å². The van der Waals surface area contributed by atoms with Crippen molar-refractivity contribution in [1.82, 2.24) is 9.38 Å². The van der Waals surface area contributed by atoms with Crippen LogP contribution in [0.1, 0.15) is 16.7 Å². The number of aryl methyl sites for hydroxylation is 3. The highest BCUT2D eigenvalue weighted by atomic mass is 15.0. The van der Waals surface area contributed by atoms with Gasteiger partial charge in [-0.1, -0.05) is 23.8 Å². The summed E-state index contributed by atoms with van der Waals surface area (Å²) in [5, 5.41) is 0. The minimum atomic E-state index is 1.00. The van der Waals surface area contributed by atoms with E-state index in [1.54, 1.807) is 0 Å². The maximum Gasteiger partial charge on any atom is 0.137 e. The molecule has 0 N–H and O–H groups in total. The van der Waals surface area contributed by atoms with Crippen molar-refractivity contribution in [2.24, 2.45) is 0 Å². The molecule has 1 aromatic carbocycles. The number of hydrogen-bond acceptors (Lipinski definition) is 1. The number of fused-ring (bicyclic) bond motifs is 1. The minimum absolute atomic E-state index is 1.00. The zero-order chi connectivity index (χ0) is 12.7. The molecule has 2 heteroatoms. The lowest BCUT2D eigenvalue weighted by molar-refractivity contribution is 1.17. The predicted molar refractivity (Wildman–Crippen MR) is 74.8 cm³/mol. The van der Waals surface area contributed by atoms with Crippen molar-refractivity contribution >= 4 is 5.65 Å². The van der Waals surface area contributed by atoms with Crippen molar-refractivity contribution in [2.45, 2.75) is 20.8 Å². The first kappa shape index (κ1) is 11.0. The summed E-state index contributed by atoms with van der Waals surface area (Å²) in [4.78, 5) is 4.70. The van der Waals surface area contributed by atoms with Crippen molar-refractivity contribution in [3.05, 3.63) is 59.4 Å². The summed E-state index contributed by atoms with van der Waals surface area (Å²) in [5.41, 5.74) is 7.05. The average Bonchev–Trinajstić information content (AvgIpc) is 2.71. The monoisotopic (exact) mass is 236 g/mol. The number of rotatable bonds is 1. The fourth-order valence-electron chi connectivity index (χ4n) is 2.31. The number of aromatic nitrogens is 2. The molecule has 0 radical (unpaired) electrons. The van der Waals surface area contributed by atoms with Crippen LogP contribution in [0.5, 0.6) is 0 Å². The van der Waals surface area contributed by atoms with E-state index in [4.69, 9.17) is 4.98 Å². The minimum Gasteiger partial charge on any atom is -0.306 e. The molecule has 0 aliphatic carbocycles. The second kappa shape index (κ2) is 3.98. The van der Waals surface area contributed by atoms with Crippen LogP contribution in [0.25, 0.3) is 16.9 Å². The summed E-state index contributed by atoms with van der Waals surface area (Å²) < 4.78 is 2.07. The van der Waals surface area contributed by atoms with Crippen molar-refractivity contribution < 1.29 is 0 Å². The lowest BCUT2D eigenvalue weighted by atomic mass is 10.0. The molecule has 90 valence electrons. The number of benzene rings is 1. The van der Waals surface area contributed by atoms with Crippen molar-refractivity contribution in [3.63, 3.8) is 0 Å². The third-order valence-corrected chi connectivity index (χ3v) is 3.27. The van der Waals surface area contributed by atoms with Gasteiger partial charge in [0.25, 0.3) is 0 Å². The van der Waals surface area contributed by atoms with Gasteiger partial charge in [0.15, 0.2) is 0 Å². The van der Waals surface area contributed by atoms with Gasteiger partial charge in [0.1, 0.15) is 5.65 Å². The van der Waals surface area contributed by atoms with Gasteiger partial charge in [-0.15, -0.1) is 0 Å². The standard InChI is InChI=1S/C16H16N2/c1-11-4-5-14(13(3)8-11)15-10-18-7-6-12(2)9-16(18)17-15/h4-10H,1-3H3. The first-order valence-corrected chi connectivity index (χ1v) is 6.16. The molecule has 0 fully saturated rings. The molecule has 0 unspecified atom stereocenters. The summed E-state index contributed by atoms with van der Waals surface area (Å²) in [6, 6.07) is 10.7. The van der Waals surface area contributed by atoms with E-state index in [0.29, 0.717) is 0 Å². The molecular formula is C16H16N2. The normalized spacial score (nSPS) is 11.1. The van der Waals surface area contributed by atoms with Gasteiger partial charge in [0.2, 0.25) is 0 Å². The van der Waals surface area contributed by atoms with E-state index < -0.39 is 0 Å².